The zero-order chi connectivity index (χ0) is 12.8. The van der Waals surface area contributed by atoms with Gasteiger partial charge in [0.2, 0.25) is 5.91 Å². The molecule has 0 radical (unpaired) electrons. The molecule has 2 aromatic rings. The Kier molecular flexibility index (Phi) is 6.48. The van der Waals surface area contributed by atoms with Crippen LogP contribution in [0.4, 0.5) is 5.82 Å². The molecule has 2 rings (SSSR count). The SMILES string of the molecule is CO.Cl.NC(=O)c1cccc(-n2cnc(N)c2)c1. The maximum atomic E-state index is 11.0. The molecule has 0 saturated carbocycles. The first-order chi connectivity index (χ1) is 8.16. The molecule has 7 heteroatoms. The zero-order valence-electron chi connectivity index (χ0n) is 9.78. The number of anilines is 1. The molecule has 98 valence electrons. The van der Waals surface area contributed by atoms with Crippen LogP contribution in [0, 0.1) is 0 Å². The maximum Gasteiger partial charge on any atom is 0.248 e. The van der Waals surface area contributed by atoms with Gasteiger partial charge in [-0.15, -0.1) is 12.4 Å². The van der Waals surface area contributed by atoms with E-state index >= 15 is 0 Å². The van der Waals surface area contributed by atoms with Gasteiger partial charge in [-0.25, -0.2) is 4.98 Å². The highest BCUT2D eigenvalue weighted by molar-refractivity contribution is 5.93. The number of aliphatic hydroxyl groups is 1. The van der Waals surface area contributed by atoms with E-state index in [0.717, 1.165) is 12.8 Å². The number of hydrogen-bond donors (Lipinski definition) is 3. The summed E-state index contributed by atoms with van der Waals surface area (Å²) in [6.07, 6.45) is 3.25. The van der Waals surface area contributed by atoms with Gasteiger partial charge in [-0.2, -0.15) is 0 Å². The van der Waals surface area contributed by atoms with Crippen molar-refractivity contribution in [2.75, 3.05) is 12.8 Å². The Morgan fingerprint density at radius 3 is 2.56 bits per heavy atom. The Morgan fingerprint density at radius 1 is 1.39 bits per heavy atom. The molecule has 0 saturated heterocycles. The molecule has 1 amide bonds. The second-order valence-electron chi connectivity index (χ2n) is 3.12. The van der Waals surface area contributed by atoms with Gasteiger partial charge >= 0.3 is 0 Å². The summed E-state index contributed by atoms with van der Waals surface area (Å²) < 4.78 is 1.72. The second kappa shape index (κ2) is 7.31. The normalized spacial score (nSPS) is 8.78. The number of aromatic nitrogens is 2. The standard InChI is InChI=1S/C10H10N4O.CH4O.ClH/c11-9-5-14(6-13-9)8-3-1-2-7(4-8)10(12)15;1-2;/h1-6H,11H2,(H2,12,15);2H,1H3;1H. The lowest BCUT2D eigenvalue weighted by atomic mass is 10.2. The van der Waals surface area contributed by atoms with E-state index in [1.807, 2.05) is 6.07 Å². The molecule has 18 heavy (non-hydrogen) atoms. The maximum absolute atomic E-state index is 11.0. The first-order valence-electron chi connectivity index (χ1n) is 4.81. The molecule has 0 atom stereocenters. The fourth-order valence-electron chi connectivity index (χ4n) is 1.30. The van der Waals surface area contributed by atoms with Gasteiger partial charge < -0.3 is 21.1 Å². The molecular formula is C11H15ClN4O2. The molecule has 0 fully saturated rings. The van der Waals surface area contributed by atoms with Crippen molar-refractivity contribution in [1.82, 2.24) is 9.55 Å². The zero-order valence-corrected chi connectivity index (χ0v) is 10.6. The highest BCUT2D eigenvalue weighted by Gasteiger charge is 2.02. The van der Waals surface area contributed by atoms with Crippen molar-refractivity contribution < 1.29 is 9.90 Å². The Labute approximate surface area is 111 Å². The van der Waals surface area contributed by atoms with E-state index in [0.29, 0.717) is 11.4 Å². The molecule has 5 N–H and O–H groups in total. The quantitative estimate of drug-likeness (QED) is 0.742. The summed E-state index contributed by atoms with van der Waals surface area (Å²) >= 11 is 0. The lowest BCUT2D eigenvalue weighted by Gasteiger charge is -2.02. The molecule has 0 aliphatic rings. The van der Waals surface area contributed by atoms with Crippen molar-refractivity contribution in [2.45, 2.75) is 0 Å². The number of hydrogen-bond acceptors (Lipinski definition) is 4. The van der Waals surface area contributed by atoms with Gasteiger partial charge in [0.15, 0.2) is 0 Å². The van der Waals surface area contributed by atoms with Gasteiger partial charge in [0, 0.05) is 18.4 Å². The van der Waals surface area contributed by atoms with Crippen LogP contribution >= 0.6 is 12.4 Å². The van der Waals surface area contributed by atoms with E-state index in [1.54, 1.807) is 35.3 Å². The molecule has 0 aliphatic carbocycles. The minimum Gasteiger partial charge on any atom is -0.400 e. The fourth-order valence-corrected chi connectivity index (χ4v) is 1.30. The summed E-state index contributed by atoms with van der Waals surface area (Å²) in [5, 5.41) is 7.00. The highest BCUT2D eigenvalue weighted by Crippen LogP contribution is 2.11. The lowest BCUT2D eigenvalue weighted by Crippen LogP contribution is -2.11. The lowest BCUT2D eigenvalue weighted by molar-refractivity contribution is 0.100. The van der Waals surface area contributed by atoms with Crippen molar-refractivity contribution in [3.8, 4) is 5.69 Å². The van der Waals surface area contributed by atoms with Gasteiger partial charge in [-0.05, 0) is 18.2 Å². The van der Waals surface area contributed by atoms with E-state index in [4.69, 9.17) is 16.6 Å². The van der Waals surface area contributed by atoms with Crippen molar-refractivity contribution in [1.29, 1.82) is 0 Å². The van der Waals surface area contributed by atoms with E-state index < -0.39 is 5.91 Å². The number of amides is 1. The number of carbonyl (C=O) groups is 1. The smallest absolute Gasteiger partial charge is 0.248 e. The van der Waals surface area contributed by atoms with Crippen molar-refractivity contribution in [3.63, 3.8) is 0 Å². The largest absolute Gasteiger partial charge is 0.400 e. The third-order valence-corrected chi connectivity index (χ3v) is 2.03. The molecule has 0 aliphatic heterocycles. The van der Waals surface area contributed by atoms with Gasteiger partial charge in [-0.1, -0.05) is 6.07 Å². The third kappa shape index (κ3) is 3.76. The van der Waals surface area contributed by atoms with E-state index in [-0.39, 0.29) is 12.4 Å². The predicted octanol–water partition coefficient (Wildman–Crippen LogP) is 0.584. The predicted molar refractivity (Wildman–Crippen MR) is 71.9 cm³/mol. The van der Waals surface area contributed by atoms with Crippen LogP contribution in [-0.2, 0) is 0 Å². The van der Waals surface area contributed by atoms with Crippen LogP contribution in [0.5, 0.6) is 0 Å². The van der Waals surface area contributed by atoms with E-state index in [9.17, 15) is 4.79 Å². The molecule has 6 nitrogen and oxygen atoms in total. The minimum atomic E-state index is -0.454. The fraction of sp³-hybridized carbons (Fsp3) is 0.0909. The number of imidazole rings is 1. The van der Waals surface area contributed by atoms with Crippen LogP contribution in [-0.4, -0.2) is 27.7 Å². The molecule has 0 unspecified atom stereocenters. The minimum absolute atomic E-state index is 0. The van der Waals surface area contributed by atoms with E-state index in [1.165, 1.54) is 0 Å². The summed E-state index contributed by atoms with van der Waals surface area (Å²) in [6.45, 7) is 0. The number of nitrogens with zero attached hydrogens (tertiary/aromatic N) is 2. The number of rotatable bonds is 2. The van der Waals surface area contributed by atoms with Crippen LogP contribution in [0.25, 0.3) is 5.69 Å². The van der Waals surface area contributed by atoms with Crippen LogP contribution in [0.1, 0.15) is 10.4 Å². The molecule has 0 bridgehead atoms. The average molecular weight is 271 g/mol. The number of benzene rings is 1. The number of aliphatic hydroxyl groups excluding tert-OH is 1. The van der Waals surface area contributed by atoms with Gasteiger partial charge in [0.05, 0.1) is 6.20 Å². The summed E-state index contributed by atoms with van der Waals surface area (Å²) in [4.78, 5) is 14.9. The topological polar surface area (TPSA) is 107 Å². The Morgan fingerprint density at radius 2 is 2.06 bits per heavy atom. The molecule has 1 aromatic heterocycles. The van der Waals surface area contributed by atoms with Crippen molar-refractivity contribution >= 4 is 24.1 Å². The second-order valence-corrected chi connectivity index (χ2v) is 3.12. The van der Waals surface area contributed by atoms with Crippen LogP contribution in [0.3, 0.4) is 0 Å². The number of carbonyl (C=O) groups excluding carboxylic acids is 1. The van der Waals surface area contributed by atoms with Gasteiger partial charge in [0.25, 0.3) is 0 Å². The first kappa shape index (κ1) is 16.0. The van der Waals surface area contributed by atoms with Crippen LogP contribution in [0.2, 0.25) is 0 Å². The van der Waals surface area contributed by atoms with Crippen LogP contribution < -0.4 is 11.5 Å². The summed E-state index contributed by atoms with van der Waals surface area (Å²) in [5.74, 6) is -0.0237. The number of nitrogens with two attached hydrogens (primary N) is 2. The molecular weight excluding hydrogens is 256 g/mol. The average Bonchev–Trinajstić information content (AvgIpc) is 2.79. The summed E-state index contributed by atoms with van der Waals surface area (Å²) in [5.41, 5.74) is 11.9. The number of primary amides is 1. The van der Waals surface area contributed by atoms with Gasteiger partial charge in [-0.3, -0.25) is 4.79 Å². The monoisotopic (exact) mass is 270 g/mol. The first-order valence-corrected chi connectivity index (χ1v) is 4.81. The third-order valence-electron chi connectivity index (χ3n) is 2.03. The summed E-state index contributed by atoms with van der Waals surface area (Å²) in [6, 6.07) is 6.94. The Balaban J connectivity index is 0.000000917. The molecule has 1 aromatic carbocycles. The van der Waals surface area contributed by atoms with Crippen LogP contribution in [0.15, 0.2) is 36.8 Å². The van der Waals surface area contributed by atoms with Crippen molar-refractivity contribution in [3.05, 3.63) is 42.4 Å². The Hall–Kier alpha value is -2.05. The summed E-state index contributed by atoms with van der Waals surface area (Å²) in [7, 11) is 1.00. The van der Waals surface area contributed by atoms with Gasteiger partial charge in [0.1, 0.15) is 12.1 Å². The highest BCUT2D eigenvalue weighted by atomic mass is 35.5. The van der Waals surface area contributed by atoms with E-state index in [2.05, 4.69) is 4.98 Å². The molecule has 1 heterocycles. The number of nitrogen functional groups attached to an aromatic ring is 1. The number of halogens is 1. The van der Waals surface area contributed by atoms with Crippen molar-refractivity contribution in [2.24, 2.45) is 5.73 Å². The Bertz CT molecular complexity index is 513. The molecule has 0 spiro atoms.